The number of hydrogen-bond acceptors (Lipinski definition) is 9. The van der Waals surface area contributed by atoms with Crippen LogP contribution in [0.25, 0.3) is 0 Å². The maximum absolute atomic E-state index is 12.8. The summed E-state index contributed by atoms with van der Waals surface area (Å²) >= 11 is 1.43. The van der Waals surface area contributed by atoms with Crippen molar-refractivity contribution in [1.82, 2.24) is 0 Å². The van der Waals surface area contributed by atoms with Crippen molar-refractivity contribution in [2.45, 2.75) is 24.4 Å². The first-order valence-electron chi connectivity index (χ1n) is 8.88. The van der Waals surface area contributed by atoms with Crippen molar-refractivity contribution in [2.24, 2.45) is 11.8 Å². The fourth-order valence-corrected chi connectivity index (χ4v) is 5.00. The standard InChI is InChI=1S/C19H23NO7S/c1-5-28-19-13-12(16(21)27-19)14(17(22)25-3)20(15(13)18(23)26-4)10-6-8-11(24-2)9-7-10/h6-9,12-15,19H,5H2,1-4H3/t12-,13+,14+,15-,19-/m1/s1. The minimum Gasteiger partial charge on any atom is -0.497 e. The number of esters is 3. The van der Waals surface area contributed by atoms with Crippen molar-refractivity contribution >= 4 is 35.4 Å². The van der Waals surface area contributed by atoms with Crippen molar-refractivity contribution in [3.63, 3.8) is 0 Å². The van der Waals surface area contributed by atoms with Gasteiger partial charge in [-0.05, 0) is 30.0 Å². The molecule has 0 saturated carbocycles. The lowest BCUT2D eigenvalue weighted by Gasteiger charge is -2.32. The molecular formula is C19H23NO7S. The highest BCUT2D eigenvalue weighted by molar-refractivity contribution is 7.99. The number of nitrogens with zero attached hydrogens (tertiary/aromatic N) is 1. The van der Waals surface area contributed by atoms with E-state index in [9.17, 15) is 14.4 Å². The quantitative estimate of drug-likeness (QED) is 0.511. The molecule has 2 aliphatic heterocycles. The van der Waals surface area contributed by atoms with Crippen LogP contribution >= 0.6 is 11.8 Å². The van der Waals surface area contributed by atoms with Crippen LogP contribution in [0.3, 0.4) is 0 Å². The SMILES string of the molecule is CCS[C@H]1OC(=O)[C@@H]2[C@H]1[C@H](C(=O)OC)N(c1ccc(OC)cc1)[C@@H]2C(=O)OC. The molecule has 0 aliphatic carbocycles. The molecule has 8 nitrogen and oxygen atoms in total. The highest BCUT2D eigenvalue weighted by Crippen LogP contribution is 2.49. The third-order valence-corrected chi connectivity index (χ3v) is 6.20. The monoisotopic (exact) mass is 409 g/mol. The summed E-state index contributed by atoms with van der Waals surface area (Å²) in [5.41, 5.74) is 0.0519. The lowest BCUT2D eigenvalue weighted by Crippen LogP contribution is -2.49. The second-order valence-electron chi connectivity index (χ2n) is 6.41. The number of benzene rings is 1. The van der Waals surface area contributed by atoms with E-state index in [1.807, 2.05) is 6.92 Å². The number of rotatable bonds is 6. The van der Waals surface area contributed by atoms with Crippen LogP contribution in [0.2, 0.25) is 0 Å². The Kier molecular flexibility index (Phi) is 6.02. The molecule has 152 valence electrons. The summed E-state index contributed by atoms with van der Waals surface area (Å²) < 4.78 is 20.7. The fraction of sp³-hybridized carbons (Fsp3) is 0.526. The average Bonchev–Trinajstić information content (AvgIpc) is 3.23. The Labute approximate surface area is 167 Å². The van der Waals surface area contributed by atoms with Gasteiger partial charge in [-0.25, -0.2) is 9.59 Å². The van der Waals surface area contributed by atoms with Crippen LogP contribution in [0.5, 0.6) is 5.75 Å². The zero-order chi connectivity index (χ0) is 20.4. The first-order valence-corrected chi connectivity index (χ1v) is 9.93. The average molecular weight is 409 g/mol. The van der Waals surface area contributed by atoms with E-state index in [1.165, 1.54) is 26.0 Å². The van der Waals surface area contributed by atoms with Gasteiger partial charge in [0, 0.05) is 5.69 Å². The predicted molar refractivity (Wildman–Crippen MR) is 102 cm³/mol. The van der Waals surface area contributed by atoms with Gasteiger partial charge in [-0.1, -0.05) is 6.92 Å². The van der Waals surface area contributed by atoms with Crippen molar-refractivity contribution < 1.29 is 33.3 Å². The van der Waals surface area contributed by atoms with Crippen LogP contribution < -0.4 is 9.64 Å². The largest absolute Gasteiger partial charge is 0.497 e. The van der Waals surface area contributed by atoms with Crippen LogP contribution in [-0.4, -0.2) is 62.5 Å². The summed E-state index contributed by atoms with van der Waals surface area (Å²) in [6.07, 6.45) is 0. The molecule has 2 aliphatic rings. The normalized spacial score (nSPS) is 28.5. The van der Waals surface area contributed by atoms with Crippen LogP contribution in [0, 0.1) is 11.8 Å². The van der Waals surface area contributed by atoms with Crippen LogP contribution in [-0.2, 0) is 28.6 Å². The number of carbonyl (C=O) groups excluding carboxylic acids is 3. The zero-order valence-electron chi connectivity index (χ0n) is 16.1. The smallest absolute Gasteiger partial charge is 0.329 e. The maximum Gasteiger partial charge on any atom is 0.329 e. The molecule has 0 unspecified atom stereocenters. The minimum atomic E-state index is -0.984. The van der Waals surface area contributed by atoms with Crippen molar-refractivity contribution in [1.29, 1.82) is 0 Å². The van der Waals surface area contributed by atoms with Gasteiger partial charge in [-0.3, -0.25) is 4.79 Å². The van der Waals surface area contributed by atoms with Gasteiger partial charge < -0.3 is 23.8 Å². The molecule has 3 rings (SSSR count). The van der Waals surface area contributed by atoms with Gasteiger partial charge in [0.25, 0.3) is 0 Å². The van der Waals surface area contributed by atoms with E-state index >= 15 is 0 Å². The number of hydrogen-bond donors (Lipinski definition) is 0. The van der Waals surface area contributed by atoms with E-state index in [4.69, 9.17) is 18.9 Å². The Morgan fingerprint density at radius 3 is 2.21 bits per heavy atom. The molecule has 0 bridgehead atoms. The molecule has 2 saturated heterocycles. The fourth-order valence-electron chi connectivity index (χ4n) is 3.97. The summed E-state index contributed by atoms with van der Waals surface area (Å²) in [5.74, 6) is -1.66. The summed E-state index contributed by atoms with van der Waals surface area (Å²) in [6, 6.07) is 5.08. The van der Waals surface area contributed by atoms with Crippen LogP contribution in [0.1, 0.15) is 6.92 Å². The second-order valence-corrected chi connectivity index (χ2v) is 7.78. The lowest BCUT2D eigenvalue weighted by molar-refractivity contribution is -0.150. The van der Waals surface area contributed by atoms with Crippen LogP contribution in [0.4, 0.5) is 5.69 Å². The molecule has 0 radical (unpaired) electrons. The van der Waals surface area contributed by atoms with Crippen molar-refractivity contribution in [2.75, 3.05) is 32.0 Å². The Morgan fingerprint density at radius 2 is 1.68 bits per heavy atom. The molecule has 0 spiro atoms. The molecule has 1 aromatic carbocycles. The van der Waals surface area contributed by atoms with E-state index in [0.717, 1.165) is 0 Å². The Bertz CT molecular complexity index is 753. The Hall–Kier alpha value is -2.42. The van der Waals surface area contributed by atoms with Crippen molar-refractivity contribution in [3.05, 3.63) is 24.3 Å². The van der Waals surface area contributed by atoms with E-state index in [1.54, 1.807) is 36.3 Å². The van der Waals surface area contributed by atoms with E-state index in [-0.39, 0.29) is 0 Å². The number of ether oxygens (including phenoxy) is 4. The summed E-state index contributed by atoms with van der Waals surface area (Å²) in [7, 11) is 4.09. The number of thioether (sulfide) groups is 1. The minimum absolute atomic E-state index is 0.503. The lowest BCUT2D eigenvalue weighted by atomic mass is 9.89. The van der Waals surface area contributed by atoms with Gasteiger partial charge in [0.15, 0.2) is 5.44 Å². The Balaban J connectivity index is 2.12. The third-order valence-electron chi connectivity index (χ3n) is 5.12. The van der Waals surface area contributed by atoms with Gasteiger partial charge in [-0.2, -0.15) is 0 Å². The third kappa shape index (κ3) is 3.28. The number of methoxy groups -OCH3 is 3. The van der Waals surface area contributed by atoms with Gasteiger partial charge in [0.1, 0.15) is 17.8 Å². The molecule has 28 heavy (non-hydrogen) atoms. The van der Waals surface area contributed by atoms with Gasteiger partial charge in [0.05, 0.1) is 33.2 Å². The number of cyclic esters (lactones) is 1. The first-order chi connectivity index (χ1) is 13.5. The summed E-state index contributed by atoms with van der Waals surface area (Å²) in [5, 5.41) is 0. The summed E-state index contributed by atoms with van der Waals surface area (Å²) in [6.45, 7) is 1.94. The molecule has 0 aromatic heterocycles. The van der Waals surface area contributed by atoms with E-state index in [0.29, 0.717) is 17.2 Å². The molecule has 5 atom stereocenters. The molecule has 0 N–H and O–H groups in total. The molecular weight excluding hydrogens is 386 g/mol. The molecule has 1 aromatic rings. The van der Waals surface area contributed by atoms with Crippen LogP contribution in [0.15, 0.2) is 24.3 Å². The van der Waals surface area contributed by atoms with Gasteiger partial charge in [-0.15, -0.1) is 11.8 Å². The number of fused-ring (bicyclic) bond motifs is 1. The topological polar surface area (TPSA) is 91.4 Å². The molecule has 9 heteroatoms. The first kappa shape index (κ1) is 20.3. The summed E-state index contributed by atoms with van der Waals surface area (Å²) in [4.78, 5) is 39.7. The predicted octanol–water partition coefficient (Wildman–Crippen LogP) is 1.47. The second kappa shape index (κ2) is 8.30. The number of carbonyl (C=O) groups is 3. The van der Waals surface area contributed by atoms with Crippen molar-refractivity contribution in [3.8, 4) is 5.75 Å². The maximum atomic E-state index is 12.8. The van der Waals surface area contributed by atoms with Gasteiger partial charge in [0.2, 0.25) is 0 Å². The highest BCUT2D eigenvalue weighted by atomic mass is 32.2. The number of anilines is 1. The molecule has 2 fully saturated rings. The van der Waals surface area contributed by atoms with Gasteiger partial charge >= 0.3 is 17.9 Å². The Morgan fingerprint density at radius 1 is 1.07 bits per heavy atom. The highest BCUT2D eigenvalue weighted by Gasteiger charge is 2.65. The molecule has 0 amide bonds. The van der Waals surface area contributed by atoms with E-state index < -0.39 is 47.3 Å². The molecule has 2 heterocycles. The zero-order valence-corrected chi connectivity index (χ0v) is 16.9. The van der Waals surface area contributed by atoms with E-state index in [2.05, 4.69) is 0 Å².